The first kappa shape index (κ1) is 11.6. The Kier molecular flexibility index (Phi) is 2.74. The van der Waals surface area contributed by atoms with Crippen LogP contribution < -0.4 is 0 Å². The summed E-state index contributed by atoms with van der Waals surface area (Å²) in [7, 11) is -3.04. The number of halogens is 7. The molecular weight excluding hydrogens is 216 g/mol. The molecule has 0 fully saturated rings. The van der Waals surface area contributed by atoms with Crippen LogP contribution in [0.25, 0.3) is 0 Å². The number of hydrogen-bond acceptors (Lipinski definition) is 1. The molecule has 0 radical (unpaired) electrons. The van der Waals surface area contributed by atoms with E-state index in [1.54, 1.807) is 0 Å². The van der Waals surface area contributed by atoms with Gasteiger partial charge in [0.05, 0.1) is 0 Å². The van der Waals surface area contributed by atoms with Crippen LogP contribution in [0.1, 0.15) is 0 Å². The Bertz CT molecular complexity index is 184. The van der Waals surface area contributed by atoms with E-state index in [4.69, 9.17) is 0 Å². The average molecular weight is 217 g/mol. The van der Waals surface area contributed by atoms with Crippen LogP contribution in [-0.2, 0) is 4.57 Å². The molecule has 0 aromatic heterocycles. The molecule has 9 heteroatoms. The zero-order valence-electron chi connectivity index (χ0n) is 5.05. The third-order valence-corrected chi connectivity index (χ3v) is 1.45. The van der Waals surface area contributed by atoms with E-state index in [1.807, 2.05) is 0 Å². The fourth-order valence-corrected chi connectivity index (χ4v) is 0.512. The van der Waals surface area contributed by atoms with E-state index >= 15 is 0 Å². The van der Waals surface area contributed by atoms with Crippen molar-refractivity contribution in [3.05, 3.63) is 0 Å². The molecule has 0 saturated heterocycles. The van der Waals surface area contributed by atoms with E-state index in [0.717, 1.165) is 0 Å². The second-order valence-electron chi connectivity index (χ2n) is 1.75. The maximum absolute atomic E-state index is 11.7. The number of alkyl halides is 7. The number of rotatable bonds is 2. The zero-order valence-corrected chi connectivity index (χ0v) is 6.05. The fourth-order valence-electron chi connectivity index (χ4n) is 0.242. The van der Waals surface area contributed by atoms with Gasteiger partial charge in [0.2, 0.25) is 0 Å². The molecule has 0 aliphatic carbocycles. The lowest BCUT2D eigenvalue weighted by Gasteiger charge is -2.18. The van der Waals surface area contributed by atoms with E-state index in [9.17, 15) is 35.3 Å². The van der Waals surface area contributed by atoms with Gasteiger partial charge < -0.3 is 0 Å². The molecule has 0 heterocycles. The van der Waals surface area contributed by atoms with Gasteiger partial charge in [-0.05, 0) is 0 Å². The molecule has 0 amide bonds. The van der Waals surface area contributed by atoms with Crippen LogP contribution in [0.3, 0.4) is 0 Å². The Morgan fingerprint density at radius 3 is 1.25 bits per heavy atom. The third kappa shape index (κ3) is 1.68. The molecule has 0 aromatic rings. The van der Waals surface area contributed by atoms with E-state index in [2.05, 4.69) is 0 Å². The lowest BCUT2D eigenvalue weighted by Crippen LogP contribution is -2.48. The smallest absolute Gasteiger partial charge is 0.185 e. The second-order valence-corrected chi connectivity index (χ2v) is 2.58. The highest BCUT2D eigenvalue weighted by Gasteiger charge is 2.79. The summed E-state index contributed by atoms with van der Waals surface area (Å²) < 4.78 is 89.4. The maximum Gasteiger partial charge on any atom is 0.514 e. The van der Waals surface area contributed by atoms with Gasteiger partial charge >= 0.3 is 26.2 Å². The third-order valence-electron chi connectivity index (χ3n) is 0.879. The largest absolute Gasteiger partial charge is 0.514 e. The molecule has 0 aliphatic rings. The molecule has 0 saturated carbocycles. The Hall–Kier alpha value is -0.390. The lowest BCUT2D eigenvalue weighted by molar-refractivity contribution is -0.331. The van der Waals surface area contributed by atoms with Crippen molar-refractivity contribution in [3.8, 4) is 0 Å². The lowest BCUT2D eigenvalue weighted by atomic mass is 10.3. The van der Waals surface area contributed by atoms with Gasteiger partial charge in [-0.25, -0.2) is 0 Å². The van der Waals surface area contributed by atoms with Crippen molar-refractivity contribution in [2.75, 3.05) is 0 Å². The van der Waals surface area contributed by atoms with Gasteiger partial charge in [0.1, 0.15) is 0 Å². The van der Waals surface area contributed by atoms with Crippen molar-refractivity contribution in [2.24, 2.45) is 0 Å². The summed E-state index contributed by atoms with van der Waals surface area (Å²) in [6, 6.07) is 0. The second kappa shape index (κ2) is 2.83. The van der Waals surface area contributed by atoms with Crippen molar-refractivity contribution in [1.82, 2.24) is 0 Å². The van der Waals surface area contributed by atoms with E-state index in [-0.39, 0.29) is 0 Å². The molecule has 0 rings (SSSR count). The molecule has 12 heavy (non-hydrogen) atoms. The van der Waals surface area contributed by atoms with Gasteiger partial charge in [0, 0.05) is 0 Å². The van der Waals surface area contributed by atoms with Gasteiger partial charge in [0.15, 0.2) is 0 Å². The molecule has 1 nitrogen and oxygen atoms in total. The first-order chi connectivity index (χ1) is 5.06. The minimum atomic E-state index is -6.39. The van der Waals surface area contributed by atoms with E-state index < -0.39 is 26.2 Å². The van der Waals surface area contributed by atoms with Crippen molar-refractivity contribution >= 4 is 8.46 Å². The Labute approximate surface area is 62.7 Å². The van der Waals surface area contributed by atoms with Gasteiger partial charge in [-0.3, -0.25) is 0 Å². The Balaban J connectivity index is 4.97. The first-order valence-electron chi connectivity index (χ1n) is 2.28. The van der Waals surface area contributed by atoms with Crippen LogP contribution in [0.15, 0.2) is 0 Å². The summed E-state index contributed by atoms with van der Waals surface area (Å²) in [5.41, 5.74) is -5.56. The van der Waals surface area contributed by atoms with Crippen LogP contribution in [0.4, 0.5) is 30.7 Å². The number of hydrogen-bond donors (Lipinski definition) is 0. The minimum absolute atomic E-state index is 3.04. The monoisotopic (exact) mass is 217 g/mol. The summed E-state index contributed by atoms with van der Waals surface area (Å²) in [5.74, 6) is -6.25. The predicted molar refractivity (Wildman–Crippen MR) is 25.0 cm³/mol. The van der Waals surface area contributed by atoms with E-state index in [0.29, 0.717) is 0 Å². The molecule has 0 bridgehead atoms. The highest BCUT2D eigenvalue weighted by Crippen LogP contribution is 2.51. The van der Waals surface area contributed by atoms with Crippen LogP contribution in [-0.4, -0.2) is 17.8 Å². The van der Waals surface area contributed by atoms with Crippen molar-refractivity contribution in [3.63, 3.8) is 0 Å². The van der Waals surface area contributed by atoms with Crippen LogP contribution >= 0.6 is 8.46 Å². The summed E-state index contributed by atoms with van der Waals surface area (Å²) >= 11 is 0. The molecule has 0 N–H and O–H groups in total. The first-order valence-corrected chi connectivity index (χ1v) is 3.19. The quantitative estimate of drug-likeness (QED) is 0.513. The summed E-state index contributed by atoms with van der Waals surface area (Å²) in [6.07, 6.45) is -6.39. The normalized spacial score (nSPS) is 15.2. The molecule has 72 valence electrons. The predicted octanol–water partition coefficient (Wildman–Crippen LogP) is 2.80. The summed E-state index contributed by atoms with van der Waals surface area (Å²) in [4.78, 5) is 0. The summed E-state index contributed by atoms with van der Waals surface area (Å²) in [5, 5.41) is 0. The van der Waals surface area contributed by atoms with Gasteiger partial charge in [-0.2, -0.15) is 30.7 Å². The highest BCUT2D eigenvalue weighted by molar-refractivity contribution is 7.25. The topological polar surface area (TPSA) is 17.1 Å². The van der Waals surface area contributed by atoms with Gasteiger partial charge in [-0.15, -0.1) is 0 Å². The average Bonchev–Trinajstić information content (AvgIpc) is 1.85. The Morgan fingerprint density at radius 2 is 1.17 bits per heavy atom. The van der Waals surface area contributed by atoms with Crippen molar-refractivity contribution in [2.45, 2.75) is 17.8 Å². The molecular formula is C3HF7OP+. The van der Waals surface area contributed by atoms with E-state index in [1.165, 1.54) is 0 Å². The zero-order chi connectivity index (χ0) is 10.2. The molecule has 1 atom stereocenters. The molecule has 1 unspecified atom stereocenters. The van der Waals surface area contributed by atoms with Crippen molar-refractivity contribution < 1.29 is 35.3 Å². The van der Waals surface area contributed by atoms with Crippen molar-refractivity contribution in [1.29, 1.82) is 0 Å². The fraction of sp³-hybridized carbons (Fsp3) is 1.00. The van der Waals surface area contributed by atoms with Crippen LogP contribution in [0.5, 0.6) is 0 Å². The van der Waals surface area contributed by atoms with Gasteiger partial charge in [0.25, 0.3) is 0 Å². The molecule has 0 aliphatic heterocycles. The maximum atomic E-state index is 11.7. The SMILES string of the molecule is O=[PH+]C(F)(F)C(F)(F)C(F)(F)F. The molecule has 0 aromatic carbocycles. The van der Waals surface area contributed by atoms with Crippen LogP contribution in [0.2, 0.25) is 0 Å². The molecule has 0 spiro atoms. The van der Waals surface area contributed by atoms with Crippen LogP contribution in [0, 0.1) is 0 Å². The minimum Gasteiger partial charge on any atom is -0.185 e. The highest BCUT2D eigenvalue weighted by atomic mass is 31.1. The Morgan fingerprint density at radius 1 is 0.833 bits per heavy atom. The standard InChI is InChI=1S/C3F7OP/c4-1(5,2(6,7)8)3(9,10)12-11/p+1. The van der Waals surface area contributed by atoms with Gasteiger partial charge in [-0.1, -0.05) is 4.57 Å². The summed E-state index contributed by atoms with van der Waals surface area (Å²) in [6.45, 7) is 0.